The summed E-state index contributed by atoms with van der Waals surface area (Å²) in [5.74, 6) is 0.665. The van der Waals surface area contributed by atoms with Gasteiger partial charge in [0.1, 0.15) is 11.4 Å². The van der Waals surface area contributed by atoms with Crippen LogP contribution < -0.4 is 10.1 Å². The molecule has 1 saturated heterocycles. The summed E-state index contributed by atoms with van der Waals surface area (Å²) in [5, 5.41) is 15.2. The fraction of sp³-hybridized carbons (Fsp3) is 0.348. The lowest BCUT2D eigenvalue weighted by Crippen LogP contribution is -2.35. The smallest absolute Gasteiger partial charge is 0.296 e. The number of carbonyl (C=O) groups excluding carboxylic acids is 1. The molecule has 8 heteroatoms. The highest BCUT2D eigenvalue weighted by Crippen LogP contribution is 2.33. The van der Waals surface area contributed by atoms with Crippen LogP contribution in [0.5, 0.6) is 5.75 Å². The number of ether oxygens (including phenoxy) is 1. The number of carbonyl (C=O) groups is 1. The van der Waals surface area contributed by atoms with Gasteiger partial charge in [0.05, 0.1) is 18.1 Å². The number of hydrogen-bond acceptors (Lipinski definition) is 5. The lowest BCUT2D eigenvalue weighted by Gasteiger charge is -2.31. The number of H-pyrrole nitrogens is 1. The maximum atomic E-state index is 12.4. The van der Waals surface area contributed by atoms with Crippen LogP contribution in [0.2, 0.25) is 0 Å². The van der Waals surface area contributed by atoms with E-state index in [9.17, 15) is 14.9 Å². The lowest BCUT2D eigenvalue weighted by atomic mass is 9.89. The summed E-state index contributed by atoms with van der Waals surface area (Å²) < 4.78 is 5.03. The molecule has 0 atom stereocenters. The van der Waals surface area contributed by atoms with Crippen LogP contribution in [-0.4, -0.2) is 47.5 Å². The normalized spacial score (nSPS) is 15.1. The standard InChI is InChI=1S/C23H26N4O4/c1-31-17-6-7-21(22(14-17)27(29)30)25-23(28)10-13-26-11-8-16(9-12-26)19-15-24-20-5-3-2-4-18(19)20/h2-7,14-16,24H,8-13H2,1H3,(H,25,28). The van der Waals surface area contributed by atoms with Crippen molar-refractivity contribution in [2.75, 3.05) is 32.1 Å². The van der Waals surface area contributed by atoms with Crippen molar-refractivity contribution in [2.45, 2.75) is 25.2 Å². The summed E-state index contributed by atoms with van der Waals surface area (Å²) in [6.45, 7) is 2.50. The van der Waals surface area contributed by atoms with Crippen LogP contribution in [0.25, 0.3) is 10.9 Å². The Kier molecular flexibility index (Phi) is 6.18. The molecule has 1 aromatic heterocycles. The first-order valence-corrected chi connectivity index (χ1v) is 10.5. The molecule has 3 aromatic rings. The number of benzene rings is 2. The molecule has 0 saturated carbocycles. The number of para-hydroxylation sites is 1. The van der Waals surface area contributed by atoms with Gasteiger partial charge in [0.15, 0.2) is 0 Å². The molecule has 2 N–H and O–H groups in total. The van der Waals surface area contributed by atoms with Gasteiger partial charge in [-0.3, -0.25) is 14.9 Å². The van der Waals surface area contributed by atoms with Crippen molar-refractivity contribution in [1.29, 1.82) is 0 Å². The van der Waals surface area contributed by atoms with E-state index in [1.54, 1.807) is 6.07 Å². The molecule has 2 aromatic carbocycles. The number of fused-ring (bicyclic) bond motifs is 1. The van der Waals surface area contributed by atoms with Crippen molar-refractivity contribution in [3.63, 3.8) is 0 Å². The van der Waals surface area contributed by atoms with Crippen LogP contribution in [0.4, 0.5) is 11.4 Å². The number of aromatic amines is 1. The van der Waals surface area contributed by atoms with E-state index >= 15 is 0 Å². The van der Waals surface area contributed by atoms with Crippen LogP contribution in [0, 0.1) is 10.1 Å². The molecule has 2 heterocycles. The number of hydrogen-bond donors (Lipinski definition) is 2. The molecule has 1 aliphatic rings. The van der Waals surface area contributed by atoms with Crippen molar-refractivity contribution in [3.05, 3.63) is 64.3 Å². The highest BCUT2D eigenvalue weighted by Gasteiger charge is 2.23. The monoisotopic (exact) mass is 422 g/mol. The summed E-state index contributed by atoms with van der Waals surface area (Å²) in [6.07, 6.45) is 4.52. The fourth-order valence-electron chi connectivity index (χ4n) is 4.27. The molecule has 162 valence electrons. The van der Waals surface area contributed by atoms with E-state index in [1.165, 1.54) is 35.7 Å². The average molecular weight is 422 g/mol. The van der Waals surface area contributed by atoms with E-state index < -0.39 is 4.92 Å². The summed E-state index contributed by atoms with van der Waals surface area (Å²) in [5.41, 5.74) is 2.56. The zero-order valence-electron chi connectivity index (χ0n) is 17.5. The molecule has 0 aliphatic carbocycles. The van der Waals surface area contributed by atoms with Crippen molar-refractivity contribution in [2.24, 2.45) is 0 Å². The third kappa shape index (κ3) is 4.69. The molecular weight excluding hydrogens is 396 g/mol. The molecule has 0 bridgehead atoms. The maximum Gasteiger partial charge on any atom is 0.296 e. The van der Waals surface area contributed by atoms with E-state index in [1.807, 2.05) is 6.07 Å². The Morgan fingerprint density at radius 1 is 1.26 bits per heavy atom. The minimum atomic E-state index is -0.520. The SMILES string of the molecule is COc1ccc(NC(=O)CCN2CCC(c3c[nH]c4ccccc34)CC2)c([N+](=O)[O-])c1. The highest BCUT2D eigenvalue weighted by atomic mass is 16.6. The molecule has 1 aliphatic heterocycles. The van der Waals surface area contributed by atoms with Crippen LogP contribution in [0.1, 0.15) is 30.7 Å². The van der Waals surface area contributed by atoms with E-state index in [-0.39, 0.29) is 17.3 Å². The number of rotatable bonds is 7. The molecular formula is C23H26N4O4. The van der Waals surface area contributed by atoms with Gasteiger partial charge in [0.25, 0.3) is 5.69 Å². The number of piperidine rings is 1. The summed E-state index contributed by atoms with van der Waals surface area (Å²) in [4.78, 5) is 28.8. The molecule has 0 radical (unpaired) electrons. The van der Waals surface area contributed by atoms with Crippen LogP contribution >= 0.6 is 0 Å². The first kappa shape index (κ1) is 20.9. The third-order valence-electron chi connectivity index (χ3n) is 5.98. The predicted molar refractivity (Wildman–Crippen MR) is 120 cm³/mol. The van der Waals surface area contributed by atoms with Gasteiger partial charge in [-0.2, -0.15) is 0 Å². The Balaban J connectivity index is 1.29. The number of aromatic nitrogens is 1. The van der Waals surface area contributed by atoms with E-state index in [2.05, 4.69) is 39.6 Å². The summed E-state index contributed by atoms with van der Waals surface area (Å²) >= 11 is 0. The van der Waals surface area contributed by atoms with Gasteiger partial charge < -0.3 is 19.9 Å². The predicted octanol–water partition coefficient (Wildman–Crippen LogP) is 4.29. The summed E-state index contributed by atoms with van der Waals surface area (Å²) in [7, 11) is 1.44. The lowest BCUT2D eigenvalue weighted by molar-refractivity contribution is -0.384. The Morgan fingerprint density at radius 3 is 2.77 bits per heavy atom. The second-order valence-corrected chi connectivity index (χ2v) is 7.84. The van der Waals surface area contributed by atoms with Gasteiger partial charge in [-0.05, 0) is 55.6 Å². The quantitative estimate of drug-likeness (QED) is 0.437. The molecule has 0 unspecified atom stereocenters. The number of nitrogens with zero attached hydrogens (tertiary/aromatic N) is 2. The Bertz CT molecular complexity index is 1090. The number of nitro benzene ring substituents is 1. The van der Waals surface area contributed by atoms with Crippen LogP contribution in [0.3, 0.4) is 0 Å². The largest absolute Gasteiger partial charge is 0.496 e. The number of nitro groups is 1. The van der Waals surface area contributed by atoms with Gasteiger partial charge in [-0.1, -0.05) is 18.2 Å². The van der Waals surface area contributed by atoms with Crippen molar-refractivity contribution >= 4 is 28.2 Å². The van der Waals surface area contributed by atoms with E-state index in [4.69, 9.17) is 4.74 Å². The number of nitrogens with one attached hydrogen (secondary N) is 2. The number of likely N-dealkylation sites (tertiary alicyclic amines) is 1. The Hall–Kier alpha value is -3.39. The molecule has 0 spiro atoms. The minimum Gasteiger partial charge on any atom is -0.496 e. The van der Waals surface area contributed by atoms with Gasteiger partial charge in [0, 0.05) is 30.1 Å². The number of methoxy groups -OCH3 is 1. The molecule has 4 rings (SSSR count). The first-order chi connectivity index (χ1) is 15.0. The average Bonchev–Trinajstić information content (AvgIpc) is 3.22. The molecule has 1 fully saturated rings. The van der Waals surface area contributed by atoms with Crippen molar-refractivity contribution in [1.82, 2.24) is 9.88 Å². The van der Waals surface area contributed by atoms with Gasteiger partial charge in [0.2, 0.25) is 5.91 Å². The second kappa shape index (κ2) is 9.18. The zero-order valence-corrected chi connectivity index (χ0v) is 17.5. The number of anilines is 1. The Morgan fingerprint density at radius 2 is 2.03 bits per heavy atom. The van der Waals surface area contributed by atoms with Gasteiger partial charge >= 0.3 is 0 Å². The van der Waals surface area contributed by atoms with Crippen LogP contribution in [0.15, 0.2) is 48.7 Å². The maximum absolute atomic E-state index is 12.4. The van der Waals surface area contributed by atoms with Gasteiger partial charge in [-0.15, -0.1) is 0 Å². The minimum absolute atomic E-state index is 0.174. The van der Waals surface area contributed by atoms with E-state index in [0.29, 0.717) is 24.6 Å². The first-order valence-electron chi connectivity index (χ1n) is 10.5. The van der Waals surface area contributed by atoms with Crippen molar-refractivity contribution in [3.8, 4) is 5.75 Å². The molecule has 1 amide bonds. The second-order valence-electron chi connectivity index (χ2n) is 7.84. The topological polar surface area (TPSA) is 100 Å². The Labute approximate surface area is 180 Å². The van der Waals surface area contributed by atoms with E-state index in [0.717, 1.165) is 25.9 Å². The fourth-order valence-corrected chi connectivity index (χ4v) is 4.27. The molecule has 8 nitrogen and oxygen atoms in total. The molecule has 31 heavy (non-hydrogen) atoms. The van der Waals surface area contributed by atoms with Gasteiger partial charge in [-0.25, -0.2) is 0 Å². The van der Waals surface area contributed by atoms with Crippen molar-refractivity contribution < 1.29 is 14.5 Å². The number of amides is 1. The van der Waals surface area contributed by atoms with Crippen LogP contribution in [-0.2, 0) is 4.79 Å². The zero-order chi connectivity index (χ0) is 21.8. The highest BCUT2D eigenvalue weighted by molar-refractivity contribution is 5.93. The third-order valence-corrected chi connectivity index (χ3v) is 5.98. The summed E-state index contributed by atoms with van der Waals surface area (Å²) in [6, 6.07) is 12.8.